The van der Waals surface area contributed by atoms with Crippen LogP contribution < -0.4 is 0 Å². The topological polar surface area (TPSA) is 109 Å². The molecule has 6 heteroatoms. The van der Waals surface area contributed by atoms with E-state index in [1.54, 1.807) is 72.8 Å². The second-order valence-electron chi connectivity index (χ2n) is 10.5. The van der Waals surface area contributed by atoms with Gasteiger partial charge in [-0.1, -0.05) is 114 Å². The molecule has 0 unspecified atom stereocenters. The molecule has 0 saturated carbocycles. The van der Waals surface area contributed by atoms with E-state index in [0.717, 1.165) is 18.4 Å². The fourth-order valence-corrected chi connectivity index (χ4v) is 4.54. The molecule has 0 atom stereocenters. The number of carbonyl (C=O) groups is 4. The Kier molecular flexibility index (Phi) is 12.3. The van der Waals surface area contributed by atoms with Crippen LogP contribution in [0.25, 0.3) is 0 Å². The Morgan fingerprint density at radius 1 is 0.568 bits per heavy atom. The second-order valence-corrected chi connectivity index (χ2v) is 10.5. The summed E-state index contributed by atoms with van der Waals surface area (Å²) >= 11 is 0. The molecule has 0 fully saturated rings. The quantitative estimate of drug-likeness (QED) is 0.134. The van der Waals surface area contributed by atoms with Gasteiger partial charge in [0.05, 0.1) is 11.1 Å². The highest BCUT2D eigenvalue weighted by Crippen LogP contribution is 2.22. The minimum Gasteiger partial charge on any atom is -0.478 e. The van der Waals surface area contributed by atoms with Crippen LogP contribution in [0.5, 0.6) is 0 Å². The fourth-order valence-electron chi connectivity index (χ4n) is 4.54. The van der Waals surface area contributed by atoms with Crippen molar-refractivity contribution in [2.75, 3.05) is 0 Å². The largest absolute Gasteiger partial charge is 0.478 e. The van der Waals surface area contributed by atoms with E-state index in [4.69, 9.17) is 5.11 Å². The number of rotatable bonds is 11. The number of ketones is 2. The zero-order valence-electron chi connectivity index (χ0n) is 25.1. The summed E-state index contributed by atoms with van der Waals surface area (Å²) in [6.45, 7) is 6.23. The van der Waals surface area contributed by atoms with Crippen molar-refractivity contribution in [3.63, 3.8) is 0 Å². The first kappa shape index (κ1) is 33.1. The minimum absolute atomic E-state index is 0.0290. The molecule has 0 spiro atoms. The van der Waals surface area contributed by atoms with E-state index in [9.17, 15) is 24.3 Å². The van der Waals surface area contributed by atoms with E-state index >= 15 is 0 Å². The summed E-state index contributed by atoms with van der Waals surface area (Å²) in [5, 5.41) is 18.6. The van der Waals surface area contributed by atoms with Gasteiger partial charge in [-0.15, -0.1) is 0 Å². The first-order chi connectivity index (χ1) is 21.1. The Morgan fingerprint density at radius 2 is 1.07 bits per heavy atom. The molecule has 0 aromatic heterocycles. The van der Waals surface area contributed by atoms with E-state index < -0.39 is 11.9 Å². The van der Waals surface area contributed by atoms with Gasteiger partial charge in [0, 0.05) is 22.3 Å². The first-order valence-electron chi connectivity index (χ1n) is 14.3. The Bertz CT molecular complexity index is 1680. The number of hydrogen-bond donors (Lipinski definition) is 2. The molecule has 0 bridgehead atoms. The van der Waals surface area contributed by atoms with Crippen LogP contribution in [0.3, 0.4) is 0 Å². The molecule has 4 rings (SSSR count). The van der Waals surface area contributed by atoms with Crippen LogP contribution in [0.2, 0.25) is 0 Å². The normalized spacial score (nSPS) is 10.7. The molecule has 224 valence electrons. The molecule has 4 aromatic carbocycles. The maximum absolute atomic E-state index is 13.0. The maximum Gasteiger partial charge on any atom is 0.336 e. The lowest BCUT2D eigenvalue weighted by Crippen LogP contribution is -2.13. The smallest absolute Gasteiger partial charge is 0.336 e. The molecule has 0 saturated heterocycles. The Balaban J connectivity index is 0.000000266. The third-order valence-electron chi connectivity index (χ3n) is 6.84. The third-order valence-corrected chi connectivity index (χ3v) is 6.84. The lowest BCUT2D eigenvalue weighted by atomic mass is 9.91. The average molecular weight is 589 g/mol. The van der Waals surface area contributed by atoms with Gasteiger partial charge in [-0.2, -0.15) is 0 Å². The van der Waals surface area contributed by atoms with Crippen molar-refractivity contribution in [3.05, 3.63) is 165 Å². The maximum atomic E-state index is 13.0. The summed E-state index contributed by atoms with van der Waals surface area (Å²) in [5.74, 6) is -2.70. The van der Waals surface area contributed by atoms with Gasteiger partial charge in [-0.25, -0.2) is 9.59 Å². The minimum atomic E-state index is -1.09. The average Bonchev–Trinajstić information content (AvgIpc) is 3.03. The zero-order valence-corrected chi connectivity index (χ0v) is 25.1. The van der Waals surface area contributed by atoms with Crippen molar-refractivity contribution in [1.82, 2.24) is 0 Å². The van der Waals surface area contributed by atoms with Crippen molar-refractivity contribution >= 4 is 23.5 Å². The van der Waals surface area contributed by atoms with Crippen molar-refractivity contribution in [2.24, 2.45) is 0 Å². The van der Waals surface area contributed by atoms with Gasteiger partial charge in [-0.05, 0) is 57.7 Å². The summed E-state index contributed by atoms with van der Waals surface area (Å²) in [6, 6.07) is 28.7. The highest BCUT2D eigenvalue weighted by Gasteiger charge is 2.21. The Morgan fingerprint density at radius 3 is 1.61 bits per heavy atom. The number of carbonyl (C=O) groups excluding carboxylic acids is 2. The molecule has 0 amide bonds. The number of aromatic carboxylic acids is 2. The van der Waals surface area contributed by atoms with E-state index in [-0.39, 0.29) is 33.8 Å². The van der Waals surface area contributed by atoms with Gasteiger partial charge in [-0.3, -0.25) is 9.59 Å². The van der Waals surface area contributed by atoms with Crippen LogP contribution in [-0.2, 0) is 6.42 Å². The van der Waals surface area contributed by atoms with Crippen LogP contribution in [-0.4, -0.2) is 33.7 Å². The Labute approximate surface area is 258 Å². The first-order valence-corrected chi connectivity index (χ1v) is 14.3. The molecular weight excluding hydrogens is 552 g/mol. The highest BCUT2D eigenvalue weighted by atomic mass is 16.4. The third kappa shape index (κ3) is 9.33. The van der Waals surface area contributed by atoms with Crippen LogP contribution in [0.4, 0.5) is 0 Å². The van der Waals surface area contributed by atoms with Crippen LogP contribution in [0.15, 0.2) is 126 Å². The number of benzene rings is 4. The van der Waals surface area contributed by atoms with Crippen LogP contribution in [0, 0.1) is 0 Å². The predicted molar refractivity (Wildman–Crippen MR) is 173 cm³/mol. The molecule has 0 aliphatic carbocycles. The van der Waals surface area contributed by atoms with E-state index in [2.05, 4.69) is 32.9 Å². The van der Waals surface area contributed by atoms with Crippen molar-refractivity contribution in [2.45, 2.75) is 40.0 Å². The molecule has 4 aromatic rings. The second kappa shape index (κ2) is 16.3. The van der Waals surface area contributed by atoms with Crippen molar-refractivity contribution in [1.29, 1.82) is 0 Å². The highest BCUT2D eigenvalue weighted by molar-refractivity contribution is 6.15. The lowest BCUT2D eigenvalue weighted by molar-refractivity contribution is 0.0683. The molecule has 0 aliphatic rings. The zero-order chi connectivity index (χ0) is 32.1. The van der Waals surface area contributed by atoms with E-state index in [0.29, 0.717) is 17.5 Å². The van der Waals surface area contributed by atoms with Gasteiger partial charge in [0.15, 0.2) is 11.6 Å². The molecule has 0 radical (unpaired) electrons. The fraction of sp³-hybridized carbons (Fsp3) is 0.158. The van der Waals surface area contributed by atoms with Gasteiger partial charge >= 0.3 is 11.9 Å². The van der Waals surface area contributed by atoms with Gasteiger partial charge < -0.3 is 10.2 Å². The monoisotopic (exact) mass is 588 g/mol. The summed E-state index contributed by atoms with van der Waals surface area (Å²) < 4.78 is 0. The van der Waals surface area contributed by atoms with Crippen LogP contribution in [0.1, 0.15) is 91.7 Å². The van der Waals surface area contributed by atoms with Gasteiger partial charge in [0.25, 0.3) is 0 Å². The molecule has 0 aliphatic heterocycles. The summed E-state index contributed by atoms with van der Waals surface area (Å²) in [7, 11) is 0. The molecule has 44 heavy (non-hydrogen) atoms. The van der Waals surface area contributed by atoms with Crippen LogP contribution >= 0.6 is 0 Å². The molecule has 2 N–H and O–H groups in total. The number of carboxylic acid groups (broad SMARTS) is 2. The van der Waals surface area contributed by atoms with Gasteiger partial charge in [0.1, 0.15) is 0 Å². The summed E-state index contributed by atoms with van der Waals surface area (Å²) in [6.07, 6.45) is 6.76. The number of carboxylic acids is 2. The molecule has 6 nitrogen and oxygen atoms in total. The number of allylic oxidation sites excluding steroid dienone is 4. The Hall–Kier alpha value is -5.36. The molecular formula is C38H36O6. The summed E-state index contributed by atoms with van der Waals surface area (Å²) in [4.78, 5) is 47.8. The van der Waals surface area contributed by atoms with E-state index in [1.807, 2.05) is 12.1 Å². The molecule has 0 heterocycles. The number of hydrogen-bond acceptors (Lipinski definition) is 4. The SMILES string of the molecule is CC(C)=CCCC(C)=CCc1cccc(C(=O)O)c1C(=O)c1ccccc1.O=C(O)c1ccccc1C(=O)c1ccccc1. The summed E-state index contributed by atoms with van der Waals surface area (Å²) in [5.41, 5.74) is 4.83. The van der Waals surface area contributed by atoms with E-state index in [1.165, 1.54) is 29.3 Å². The van der Waals surface area contributed by atoms with Crippen molar-refractivity contribution in [3.8, 4) is 0 Å². The predicted octanol–water partition coefficient (Wildman–Crippen LogP) is 8.47. The van der Waals surface area contributed by atoms with Gasteiger partial charge in [0.2, 0.25) is 0 Å². The standard InChI is InChI=1S/C24H26O3.C14H10O3/c1-17(2)9-7-10-18(3)15-16-19-13-8-14-21(24(26)27)22(19)23(25)20-11-5-4-6-12-20;15-13(10-6-2-1-3-7-10)11-8-4-5-9-12(11)14(16)17/h4-6,8-9,11-15H,7,10,16H2,1-3H3,(H,26,27);1-9H,(H,16,17). The lowest BCUT2D eigenvalue weighted by Gasteiger charge is -2.11. The van der Waals surface area contributed by atoms with Crippen molar-refractivity contribution < 1.29 is 29.4 Å².